The van der Waals surface area contributed by atoms with Crippen LogP contribution in [0.3, 0.4) is 0 Å². The number of benzene rings is 2. The number of nitrogens with zero attached hydrogens (tertiary/aromatic N) is 2. The number of rotatable bonds is 7. The fourth-order valence-electron chi connectivity index (χ4n) is 3.24. The molecule has 0 bridgehead atoms. The highest BCUT2D eigenvalue weighted by Gasteiger charge is 2.31. The Balaban J connectivity index is 1.61. The zero-order valence-electron chi connectivity index (χ0n) is 17.7. The van der Waals surface area contributed by atoms with E-state index < -0.39 is 6.36 Å². The summed E-state index contributed by atoms with van der Waals surface area (Å²) in [6, 6.07) is 13.8. The van der Waals surface area contributed by atoms with Gasteiger partial charge in [-0.3, -0.25) is 4.79 Å². The number of para-hydroxylation sites is 1. The van der Waals surface area contributed by atoms with Gasteiger partial charge in [0.25, 0.3) is 0 Å². The number of alkyl halides is 3. The molecule has 172 valence electrons. The van der Waals surface area contributed by atoms with E-state index in [0.717, 1.165) is 17.8 Å². The van der Waals surface area contributed by atoms with Gasteiger partial charge in [-0.2, -0.15) is 0 Å². The summed E-state index contributed by atoms with van der Waals surface area (Å²) in [6.07, 6.45) is -4.75. The summed E-state index contributed by atoms with van der Waals surface area (Å²) in [5, 5.41) is 8.92. The van der Waals surface area contributed by atoms with E-state index in [4.69, 9.17) is 0 Å². The molecule has 1 heterocycles. The molecule has 0 unspecified atom stereocenters. The van der Waals surface area contributed by atoms with Gasteiger partial charge in [-0.1, -0.05) is 30.3 Å². The summed E-state index contributed by atoms with van der Waals surface area (Å²) in [5.74, 6) is 0.241. The minimum atomic E-state index is -4.75. The molecule has 3 N–H and O–H groups in total. The second-order valence-electron chi connectivity index (χ2n) is 7.14. The van der Waals surface area contributed by atoms with E-state index in [0.29, 0.717) is 37.7 Å². The van der Waals surface area contributed by atoms with E-state index in [1.54, 1.807) is 12.1 Å². The Hall–Kier alpha value is -3.43. The van der Waals surface area contributed by atoms with Crippen LogP contribution in [0.5, 0.6) is 5.75 Å². The first-order chi connectivity index (χ1) is 15.3. The molecule has 1 fully saturated rings. The molecule has 10 heteroatoms. The molecule has 0 aromatic heterocycles. The molecule has 2 aromatic carbocycles. The Morgan fingerprint density at radius 3 is 2.59 bits per heavy atom. The zero-order valence-corrected chi connectivity index (χ0v) is 17.7. The number of nitrogens with one attached hydrogen (secondary N) is 3. The van der Waals surface area contributed by atoms with Crippen molar-refractivity contribution in [2.75, 3.05) is 31.1 Å². The standard InChI is InChI=1S/C22H26F3N5O2/c1-2-26-21(29-14-17-5-3-4-6-19(17)32-22(23,24)25)28-13-16-7-9-18(10-8-16)30-12-11-27-20(31)15-30/h3-10H,2,11-15H2,1H3,(H,27,31)(H2,26,28,29). The topological polar surface area (TPSA) is 78.0 Å². The normalized spacial score (nSPS) is 14.7. The molecular formula is C22H26F3N5O2. The number of carbonyl (C=O) groups is 1. The number of anilines is 1. The third-order valence-corrected chi connectivity index (χ3v) is 4.75. The van der Waals surface area contributed by atoms with Crippen LogP contribution in [0.2, 0.25) is 0 Å². The summed E-state index contributed by atoms with van der Waals surface area (Å²) >= 11 is 0. The highest BCUT2D eigenvalue weighted by atomic mass is 19.4. The van der Waals surface area contributed by atoms with Crippen LogP contribution >= 0.6 is 0 Å². The maximum Gasteiger partial charge on any atom is 0.573 e. The zero-order chi connectivity index (χ0) is 23.0. The Morgan fingerprint density at radius 2 is 1.91 bits per heavy atom. The fraction of sp³-hybridized carbons (Fsp3) is 0.364. The van der Waals surface area contributed by atoms with Gasteiger partial charge in [-0.05, 0) is 30.7 Å². The Morgan fingerprint density at radius 1 is 1.16 bits per heavy atom. The van der Waals surface area contributed by atoms with Gasteiger partial charge in [0.1, 0.15) is 5.75 Å². The quantitative estimate of drug-likeness (QED) is 0.448. The lowest BCUT2D eigenvalue weighted by Crippen LogP contribution is -2.47. The van der Waals surface area contributed by atoms with Gasteiger partial charge in [0.2, 0.25) is 5.91 Å². The van der Waals surface area contributed by atoms with E-state index in [1.807, 2.05) is 36.1 Å². The monoisotopic (exact) mass is 449 g/mol. The van der Waals surface area contributed by atoms with E-state index in [-0.39, 0.29) is 18.2 Å². The number of guanidine groups is 1. The lowest BCUT2D eigenvalue weighted by molar-refractivity contribution is -0.274. The molecule has 0 atom stereocenters. The first kappa shape index (κ1) is 23.2. The molecule has 1 aliphatic rings. The highest BCUT2D eigenvalue weighted by Crippen LogP contribution is 2.26. The lowest BCUT2D eigenvalue weighted by atomic mass is 10.2. The van der Waals surface area contributed by atoms with Crippen molar-refractivity contribution in [3.63, 3.8) is 0 Å². The summed E-state index contributed by atoms with van der Waals surface area (Å²) in [5.41, 5.74) is 2.30. The van der Waals surface area contributed by atoms with Gasteiger partial charge in [0, 0.05) is 37.4 Å². The lowest BCUT2D eigenvalue weighted by Gasteiger charge is -2.28. The molecule has 0 aliphatic carbocycles. The number of hydrogen-bond acceptors (Lipinski definition) is 4. The number of ether oxygens (including phenoxy) is 1. The van der Waals surface area contributed by atoms with Crippen molar-refractivity contribution < 1.29 is 22.7 Å². The Kier molecular flexibility index (Phi) is 7.80. The van der Waals surface area contributed by atoms with E-state index >= 15 is 0 Å². The van der Waals surface area contributed by atoms with Gasteiger partial charge in [-0.25, -0.2) is 4.99 Å². The van der Waals surface area contributed by atoms with E-state index in [9.17, 15) is 18.0 Å². The van der Waals surface area contributed by atoms with Crippen molar-refractivity contribution in [2.24, 2.45) is 4.99 Å². The van der Waals surface area contributed by atoms with Crippen LogP contribution < -0.4 is 25.6 Å². The van der Waals surface area contributed by atoms with Gasteiger partial charge in [-0.15, -0.1) is 13.2 Å². The van der Waals surface area contributed by atoms with Crippen molar-refractivity contribution in [1.82, 2.24) is 16.0 Å². The van der Waals surface area contributed by atoms with Crippen molar-refractivity contribution in [3.8, 4) is 5.75 Å². The van der Waals surface area contributed by atoms with Crippen LogP contribution in [0, 0.1) is 0 Å². The van der Waals surface area contributed by atoms with Crippen LogP contribution in [0.25, 0.3) is 0 Å². The molecule has 32 heavy (non-hydrogen) atoms. The first-order valence-corrected chi connectivity index (χ1v) is 10.3. The molecule has 0 saturated carbocycles. The number of carbonyl (C=O) groups excluding carboxylic acids is 1. The second-order valence-corrected chi connectivity index (χ2v) is 7.14. The molecule has 2 aromatic rings. The molecule has 1 aliphatic heterocycles. The van der Waals surface area contributed by atoms with Crippen molar-refractivity contribution >= 4 is 17.6 Å². The predicted octanol–water partition coefficient (Wildman–Crippen LogP) is 2.78. The van der Waals surface area contributed by atoms with Crippen LogP contribution in [0.15, 0.2) is 53.5 Å². The SMILES string of the molecule is CCNC(=NCc1ccc(N2CCNC(=O)C2)cc1)NCc1ccccc1OC(F)(F)F. The average Bonchev–Trinajstić information content (AvgIpc) is 2.76. The van der Waals surface area contributed by atoms with Gasteiger partial charge in [0.05, 0.1) is 13.1 Å². The van der Waals surface area contributed by atoms with Gasteiger partial charge in [0.15, 0.2) is 5.96 Å². The summed E-state index contributed by atoms with van der Waals surface area (Å²) in [4.78, 5) is 18.1. The predicted molar refractivity (Wildman–Crippen MR) is 116 cm³/mol. The molecule has 0 radical (unpaired) electrons. The molecule has 1 saturated heterocycles. The van der Waals surface area contributed by atoms with Crippen LogP contribution in [0.1, 0.15) is 18.1 Å². The van der Waals surface area contributed by atoms with Crippen molar-refractivity contribution in [3.05, 3.63) is 59.7 Å². The largest absolute Gasteiger partial charge is 0.573 e. The van der Waals surface area contributed by atoms with E-state index in [1.165, 1.54) is 12.1 Å². The minimum Gasteiger partial charge on any atom is -0.405 e. The number of amides is 1. The molecule has 3 rings (SSSR count). The first-order valence-electron chi connectivity index (χ1n) is 10.3. The van der Waals surface area contributed by atoms with Crippen LogP contribution in [0.4, 0.5) is 18.9 Å². The number of hydrogen-bond donors (Lipinski definition) is 3. The molecule has 0 spiro atoms. The minimum absolute atomic E-state index is 0.00786. The third-order valence-electron chi connectivity index (χ3n) is 4.75. The molecule has 1 amide bonds. The van der Waals surface area contributed by atoms with Gasteiger partial charge < -0.3 is 25.6 Å². The van der Waals surface area contributed by atoms with Crippen LogP contribution in [-0.4, -0.2) is 44.4 Å². The average molecular weight is 449 g/mol. The number of aliphatic imine (C=N–C) groups is 1. The maximum atomic E-state index is 12.6. The molecular weight excluding hydrogens is 423 g/mol. The van der Waals surface area contributed by atoms with E-state index in [2.05, 4.69) is 25.7 Å². The smallest absolute Gasteiger partial charge is 0.405 e. The highest BCUT2D eigenvalue weighted by molar-refractivity contribution is 5.82. The summed E-state index contributed by atoms with van der Waals surface area (Å²) < 4.78 is 41.9. The van der Waals surface area contributed by atoms with Gasteiger partial charge >= 0.3 is 6.36 Å². The fourth-order valence-corrected chi connectivity index (χ4v) is 3.24. The third kappa shape index (κ3) is 7.07. The second kappa shape index (κ2) is 10.7. The van der Waals surface area contributed by atoms with Crippen molar-refractivity contribution in [1.29, 1.82) is 0 Å². The maximum absolute atomic E-state index is 12.6. The van der Waals surface area contributed by atoms with Crippen LogP contribution in [-0.2, 0) is 17.9 Å². The summed E-state index contributed by atoms with van der Waals surface area (Å²) in [6.45, 7) is 4.73. The number of piperazine rings is 1. The Bertz CT molecular complexity index is 932. The van der Waals surface area contributed by atoms with Crippen molar-refractivity contribution in [2.45, 2.75) is 26.4 Å². The number of halogens is 3. The Labute approximate surface area is 184 Å². The molecule has 7 nitrogen and oxygen atoms in total. The summed E-state index contributed by atoms with van der Waals surface area (Å²) in [7, 11) is 0.